The van der Waals surface area contributed by atoms with Crippen LogP contribution in [-0.4, -0.2) is 11.1 Å². The van der Waals surface area contributed by atoms with Gasteiger partial charge in [-0.1, -0.05) is 58.3 Å². The third-order valence-electron chi connectivity index (χ3n) is 7.24. The van der Waals surface area contributed by atoms with E-state index in [4.69, 9.17) is 0 Å². The number of aromatic carboxylic acids is 1. The molecule has 1 fully saturated rings. The number of halogens is 5. The van der Waals surface area contributed by atoms with Crippen LogP contribution in [0, 0.1) is 35.0 Å². The first kappa shape index (κ1) is 27.2. The average Bonchev–Trinajstić information content (AvgIpc) is 2.81. The maximum absolute atomic E-state index is 15.3. The number of unbranched alkanes of at least 4 members (excludes halogenated alkanes) is 6. The molecule has 3 rings (SSSR count). The molecule has 2 nitrogen and oxygen atoms in total. The van der Waals surface area contributed by atoms with Crippen molar-refractivity contribution in [1.29, 1.82) is 0 Å². The maximum atomic E-state index is 15.3. The number of carboxylic acids is 1. The highest BCUT2D eigenvalue weighted by molar-refractivity contribution is 5.91. The van der Waals surface area contributed by atoms with Crippen molar-refractivity contribution >= 4 is 5.97 Å². The van der Waals surface area contributed by atoms with Crippen molar-refractivity contribution in [1.82, 2.24) is 0 Å². The molecule has 2 aromatic carbocycles. The predicted octanol–water partition coefficient (Wildman–Crippen LogP) is 9.16. The first-order chi connectivity index (χ1) is 16.7. The summed E-state index contributed by atoms with van der Waals surface area (Å²) in [7, 11) is 0. The Labute approximate surface area is 203 Å². The van der Waals surface area contributed by atoms with Crippen LogP contribution >= 0.6 is 0 Å². The Morgan fingerprint density at radius 2 is 1.37 bits per heavy atom. The first-order valence-electron chi connectivity index (χ1n) is 12.6. The van der Waals surface area contributed by atoms with Gasteiger partial charge in [0.05, 0.1) is 0 Å². The van der Waals surface area contributed by atoms with Crippen molar-refractivity contribution in [2.75, 3.05) is 0 Å². The molecule has 0 saturated heterocycles. The zero-order valence-corrected chi connectivity index (χ0v) is 20.1. The summed E-state index contributed by atoms with van der Waals surface area (Å²) in [4.78, 5) is 11.5. The molecule has 2 aromatic rings. The minimum Gasteiger partial charge on any atom is -0.477 e. The second-order valence-electron chi connectivity index (χ2n) is 9.70. The van der Waals surface area contributed by atoms with E-state index in [1.165, 1.54) is 38.5 Å². The number of carboxylic acid groups (broad SMARTS) is 1. The van der Waals surface area contributed by atoms with E-state index in [-0.39, 0.29) is 22.6 Å². The van der Waals surface area contributed by atoms with Crippen LogP contribution in [0.4, 0.5) is 22.0 Å². The van der Waals surface area contributed by atoms with Crippen LogP contribution in [0.25, 0.3) is 11.1 Å². The molecule has 0 heterocycles. The van der Waals surface area contributed by atoms with Gasteiger partial charge in [-0.05, 0) is 66.8 Å². The normalized spacial score (nSPS) is 18.1. The summed E-state index contributed by atoms with van der Waals surface area (Å²) in [5.41, 5.74) is -1.75. The summed E-state index contributed by atoms with van der Waals surface area (Å²) < 4.78 is 71.2. The van der Waals surface area contributed by atoms with Crippen LogP contribution in [0.5, 0.6) is 0 Å². The van der Waals surface area contributed by atoms with Crippen LogP contribution in [0.15, 0.2) is 18.2 Å². The van der Waals surface area contributed by atoms with Gasteiger partial charge in [0.2, 0.25) is 0 Å². The average molecular weight is 497 g/mol. The molecule has 0 unspecified atom stereocenters. The van der Waals surface area contributed by atoms with E-state index in [1.54, 1.807) is 0 Å². The first-order valence-corrected chi connectivity index (χ1v) is 12.6. The molecule has 35 heavy (non-hydrogen) atoms. The molecule has 7 heteroatoms. The molecule has 1 N–H and O–H groups in total. The number of hydrogen-bond donors (Lipinski definition) is 1. The van der Waals surface area contributed by atoms with Crippen LogP contribution < -0.4 is 0 Å². The molecule has 0 atom stereocenters. The zero-order valence-electron chi connectivity index (χ0n) is 20.1. The SMILES string of the molecule is CCCCCCCCC[C@H]1CC[C@H](c2cc(F)c(C(=O)O)c(F)c2-c2cc(F)c(F)c(F)c2)CC1. The predicted molar refractivity (Wildman–Crippen MR) is 126 cm³/mol. The maximum Gasteiger partial charge on any atom is 0.341 e. The quantitative estimate of drug-likeness (QED) is 0.191. The van der Waals surface area contributed by atoms with Gasteiger partial charge in [0.1, 0.15) is 17.2 Å². The molecule has 0 amide bonds. The van der Waals surface area contributed by atoms with Gasteiger partial charge in [-0.25, -0.2) is 26.7 Å². The minimum absolute atomic E-state index is 0.171. The molecule has 0 aromatic heterocycles. The highest BCUT2D eigenvalue weighted by atomic mass is 19.2. The topological polar surface area (TPSA) is 37.3 Å². The van der Waals surface area contributed by atoms with E-state index in [2.05, 4.69) is 6.92 Å². The summed E-state index contributed by atoms with van der Waals surface area (Å²) >= 11 is 0. The molecular weight excluding hydrogens is 463 g/mol. The summed E-state index contributed by atoms with van der Waals surface area (Å²) in [5, 5.41) is 9.28. The fourth-order valence-corrected chi connectivity index (χ4v) is 5.30. The van der Waals surface area contributed by atoms with Crippen LogP contribution in [0.1, 0.15) is 106 Å². The van der Waals surface area contributed by atoms with Crippen molar-refractivity contribution in [3.8, 4) is 11.1 Å². The standard InChI is InChI=1S/C28H33F5O2/c1-2-3-4-5-6-7-8-9-17-10-12-18(13-11-17)20-16-21(29)25(28(34)35)27(33)24(20)19-14-22(30)26(32)23(31)15-19/h14-18H,2-13H2,1H3,(H,34,35)/t17-,18-. The second-order valence-corrected chi connectivity index (χ2v) is 9.70. The van der Waals surface area contributed by atoms with Crippen LogP contribution in [0.2, 0.25) is 0 Å². The Kier molecular flexibility index (Phi) is 9.70. The number of rotatable bonds is 11. The molecule has 192 valence electrons. The highest BCUT2D eigenvalue weighted by Gasteiger charge is 2.31. The Bertz CT molecular complexity index is 1010. The Balaban J connectivity index is 1.77. The van der Waals surface area contributed by atoms with E-state index in [1.807, 2.05) is 0 Å². The van der Waals surface area contributed by atoms with Gasteiger partial charge in [0, 0.05) is 5.56 Å². The van der Waals surface area contributed by atoms with Crippen LogP contribution in [0.3, 0.4) is 0 Å². The van der Waals surface area contributed by atoms with Crippen molar-refractivity contribution in [3.63, 3.8) is 0 Å². The van der Waals surface area contributed by atoms with E-state index in [0.717, 1.165) is 31.7 Å². The van der Waals surface area contributed by atoms with Gasteiger partial charge in [-0.2, -0.15) is 0 Å². The zero-order chi connectivity index (χ0) is 25.5. The molecular formula is C28H33F5O2. The van der Waals surface area contributed by atoms with Crippen molar-refractivity contribution in [3.05, 3.63) is 58.4 Å². The van der Waals surface area contributed by atoms with Gasteiger partial charge >= 0.3 is 5.97 Å². The lowest BCUT2D eigenvalue weighted by Crippen LogP contribution is -2.16. The smallest absolute Gasteiger partial charge is 0.341 e. The molecule has 0 aliphatic heterocycles. The molecule has 0 spiro atoms. The Morgan fingerprint density at radius 1 is 0.800 bits per heavy atom. The van der Waals surface area contributed by atoms with E-state index < -0.39 is 40.6 Å². The van der Waals surface area contributed by atoms with Gasteiger partial charge in [0.25, 0.3) is 0 Å². The highest BCUT2D eigenvalue weighted by Crippen LogP contribution is 2.43. The monoisotopic (exact) mass is 496 g/mol. The van der Waals surface area contributed by atoms with E-state index in [0.29, 0.717) is 30.9 Å². The minimum atomic E-state index is -1.82. The van der Waals surface area contributed by atoms with Crippen molar-refractivity contribution < 1.29 is 31.9 Å². The summed E-state index contributed by atoms with van der Waals surface area (Å²) in [6.07, 6.45) is 12.7. The largest absolute Gasteiger partial charge is 0.477 e. The second kappa shape index (κ2) is 12.5. The summed E-state index contributed by atoms with van der Waals surface area (Å²) in [5.74, 6) is -8.99. The third kappa shape index (κ3) is 6.62. The van der Waals surface area contributed by atoms with Crippen molar-refractivity contribution in [2.24, 2.45) is 5.92 Å². The summed E-state index contributed by atoms with van der Waals surface area (Å²) in [6.45, 7) is 2.19. The molecule has 0 radical (unpaired) electrons. The fourth-order valence-electron chi connectivity index (χ4n) is 5.30. The van der Waals surface area contributed by atoms with Gasteiger partial charge in [0.15, 0.2) is 17.5 Å². The van der Waals surface area contributed by atoms with E-state index in [9.17, 15) is 27.5 Å². The summed E-state index contributed by atoms with van der Waals surface area (Å²) in [6, 6.07) is 2.20. The van der Waals surface area contributed by atoms with Crippen molar-refractivity contribution in [2.45, 2.75) is 89.9 Å². The lowest BCUT2D eigenvalue weighted by Gasteiger charge is -2.30. The lowest BCUT2D eigenvalue weighted by atomic mass is 9.75. The molecule has 1 saturated carbocycles. The van der Waals surface area contributed by atoms with Gasteiger partial charge in [-0.3, -0.25) is 0 Å². The van der Waals surface area contributed by atoms with Crippen LogP contribution in [-0.2, 0) is 0 Å². The molecule has 1 aliphatic rings. The third-order valence-corrected chi connectivity index (χ3v) is 7.24. The van der Waals surface area contributed by atoms with E-state index >= 15 is 4.39 Å². The lowest BCUT2D eigenvalue weighted by molar-refractivity contribution is 0.0686. The molecule has 1 aliphatic carbocycles. The van der Waals surface area contributed by atoms with Gasteiger partial charge in [-0.15, -0.1) is 0 Å². The number of hydrogen-bond acceptors (Lipinski definition) is 1. The number of benzene rings is 2. The fraction of sp³-hybridized carbons (Fsp3) is 0.536. The Hall–Kier alpha value is -2.44. The molecule has 0 bridgehead atoms. The number of carbonyl (C=O) groups is 1. The Morgan fingerprint density at radius 3 is 1.94 bits per heavy atom. The van der Waals surface area contributed by atoms with Gasteiger partial charge < -0.3 is 5.11 Å².